The molecule has 0 aliphatic rings. The van der Waals surface area contributed by atoms with Crippen molar-refractivity contribution < 1.29 is 0 Å². The molecule has 0 unspecified atom stereocenters. The Hall–Kier alpha value is -3.92. The fourth-order valence-corrected chi connectivity index (χ4v) is 4.55. The lowest BCUT2D eigenvalue weighted by molar-refractivity contribution is 1.09. The van der Waals surface area contributed by atoms with E-state index in [1.54, 1.807) is 0 Å². The van der Waals surface area contributed by atoms with E-state index in [2.05, 4.69) is 123 Å². The van der Waals surface area contributed by atoms with Crippen molar-refractivity contribution in [2.45, 2.75) is 41.5 Å². The fourth-order valence-electron chi connectivity index (χ4n) is 4.55. The Morgan fingerprint density at radius 2 is 0.882 bits per heavy atom. The van der Waals surface area contributed by atoms with Gasteiger partial charge in [0.15, 0.2) is 0 Å². The maximum atomic E-state index is 4.62. The van der Waals surface area contributed by atoms with Gasteiger partial charge in [0.1, 0.15) is 0 Å². The molecular formula is C30H30N4. The first-order chi connectivity index (χ1) is 16.3. The van der Waals surface area contributed by atoms with Crippen LogP contribution in [-0.2, 0) is 0 Å². The molecule has 0 fully saturated rings. The van der Waals surface area contributed by atoms with Crippen molar-refractivity contribution in [3.05, 3.63) is 94.0 Å². The van der Waals surface area contributed by atoms with E-state index in [-0.39, 0.29) is 0 Å². The molecule has 2 heterocycles. The standard InChI is InChI=1S/C30H30N4/c1-17-10-21(5)25(12-19(17)3)29-15-27(31-33-29)23-8-7-9-24(14-23)28-16-30(34-32-28)26-13-20(4)18(2)11-22(26)6/h7-16H,1-6H3,(H,31,33)(H,32,34). The lowest BCUT2D eigenvalue weighted by atomic mass is 9.97. The van der Waals surface area contributed by atoms with E-state index in [4.69, 9.17) is 0 Å². The number of aromatic amines is 2. The molecule has 4 heteroatoms. The molecule has 0 radical (unpaired) electrons. The van der Waals surface area contributed by atoms with E-state index in [0.717, 1.165) is 33.9 Å². The highest BCUT2D eigenvalue weighted by atomic mass is 15.1. The minimum atomic E-state index is 0.926. The summed E-state index contributed by atoms with van der Waals surface area (Å²) in [5.74, 6) is 0. The molecule has 0 saturated carbocycles. The van der Waals surface area contributed by atoms with Gasteiger partial charge in [-0.15, -0.1) is 0 Å². The number of hydrogen-bond donors (Lipinski definition) is 2. The number of aryl methyl sites for hydroxylation is 6. The van der Waals surface area contributed by atoms with Crippen LogP contribution in [0.2, 0.25) is 0 Å². The first-order valence-corrected chi connectivity index (χ1v) is 11.7. The van der Waals surface area contributed by atoms with Crippen LogP contribution >= 0.6 is 0 Å². The molecule has 0 saturated heterocycles. The van der Waals surface area contributed by atoms with Gasteiger partial charge < -0.3 is 0 Å². The summed E-state index contributed by atoms with van der Waals surface area (Å²) in [6.07, 6.45) is 0. The second-order valence-corrected chi connectivity index (χ2v) is 9.42. The van der Waals surface area contributed by atoms with Gasteiger partial charge in [0.2, 0.25) is 0 Å². The molecule has 2 N–H and O–H groups in total. The lowest BCUT2D eigenvalue weighted by Gasteiger charge is -2.07. The molecule has 2 aromatic heterocycles. The summed E-state index contributed by atoms with van der Waals surface area (Å²) in [6, 6.07) is 21.6. The Kier molecular flexibility index (Phi) is 5.45. The summed E-state index contributed by atoms with van der Waals surface area (Å²) >= 11 is 0. The Morgan fingerprint density at radius 3 is 1.32 bits per heavy atom. The fraction of sp³-hybridized carbons (Fsp3) is 0.200. The van der Waals surface area contributed by atoms with Crippen LogP contribution in [0.5, 0.6) is 0 Å². The van der Waals surface area contributed by atoms with Gasteiger partial charge in [0.25, 0.3) is 0 Å². The van der Waals surface area contributed by atoms with Crippen LogP contribution in [0.3, 0.4) is 0 Å². The number of rotatable bonds is 4. The quantitative estimate of drug-likeness (QED) is 0.298. The second-order valence-electron chi connectivity index (χ2n) is 9.42. The van der Waals surface area contributed by atoms with Crippen molar-refractivity contribution in [1.82, 2.24) is 20.4 Å². The smallest absolute Gasteiger partial charge is 0.0927 e. The summed E-state index contributed by atoms with van der Waals surface area (Å²) in [5.41, 5.74) is 16.1. The van der Waals surface area contributed by atoms with Crippen LogP contribution in [0, 0.1) is 41.5 Å². The molecule has 0 atom stereocenters. The Balaban J connectivity index is 1.47. The number of benzene rings is 3. The molecule has 0 aliphatic carbocycles. The van der Waals surface area contributed by atoms with Gasteiger partial charge in [-0.2, -0.15) is 10.2 Å². The number of hydrogen-bond acceptors (Lipinski definition) is 2. The minimum Gasteiger partial charge on any atom is -0.277 e. The highest BCUT2D eigenvalue weighted by molar-refractivity contribution is 5.76. The number of nitrogens with one attached hydrogen (secondary N) is 2. The summed E-state index contributed by atoms with van der Waals surface area (Å²) in [7, 11) is 0. The molecular weight excluding hydrogens is 416 g/mol. The number of H-pyrrole nitrogens is 2. The zero-order valence-electron chi connectivity index (χ0n) is 20.7. The SMILES string of the molecule is Cc1cc(C)c(-c2cc(-c3cccc(-c4cc(-c5cc(C)c(C)cc5C)[nH]n4)c3)n[nH]2)cc1C. The highest BCUT2D eigenvalue weighted by Crippen LogP contribution is 2.32. The third-order valence-electron chi connectivity index (χ3n) is 6.87. The molecule has 34 heavy (non-hydrogen) atoms. The van der Waals surface area contributed by atoms with Crippen molar-refractivity contribution in [2.75, 3.05) is 0 Å². The van der Waals surface area contributed by atoms with Gasteiger partial charge >= 0.3 is 0 Å². The third kappa shape index (κ3) is 3.96. The summed E-state index contributed by atoms with van der Waals surface area (Å²) in [4.78, 5) is 0. The van der Waals surface area contributed by atoms with Crippen molar-refractivity contribution >= 4 is 0 Å². The van der Waals surface area contributed by atoms with Crippen molar-refractivity contribution in [3.63, 3.8) is 0 Å². The number of nitrogens with zero attached hydrogens (tertiary/aromatic N) is 2. The molecule has 170 valence electrons. The zero-order valence-corrected chi connectivity index (χ0v) is 20.7. The van der Waals surface area contributed by atoms with Crippen LogP contribution in [0.1, 0.15) is 33.4 Å². The van der Waals surface area contributed by atoms with E-state index in [1.165, 1.54) is 44.5 Å². The Labute approximate surface area is 201 Å². The van der Waals surface area contributed by atoms with Crippen molar-refractivity contribution in [3.8, 4) is 45.0 Å². The van der Waals surface area contributed by atoms with Crippen molar-refractivity contribution in [2.24, 2.45) is 0 Å². The van der Waals surface area contributed by atoms with Gasteiger partial charge in [-0.25, -0.2) is 0 Å². The van der Waals surface area contributed by atoms with Gasteiger partial charge in [-0.1, -0.05) is 30.3 Å². The highest BCUT2D eigenvalue weighted by Gasteiger charge is 2.13. The predicted octanol–water partition coefficient (Wildman–Crippen LogP) is 7.65. The monoisotopic (exact) mass is 446 g/mol. The maximum Gasteiger partial charge on any atom is 0.0927 e. The van der Waals surface area contributed by atoms with E-state index < -0.39 is 0 Å². The largest absolute Gasteiger partial charge is 0.277 e. The van der Waals surface area contributed by atoms with Crippen LogP contribution in [0.15, 0.2) is 60.7 Å². The molecule has 4 nitrogen and oxygen atoms in total. The van der Waals surface area contributed by atoms with E-state index >= 15 is 0 Å². The third-order valence-corrected chi connectivity index (χ3v) is 6.87. The maximum absolute atomic E-state index is 4.62. The van der Waals surface area contributed by atoms with Gasteiger partial charge in [0, 0.05) is 22.3 Å². The molecule has 5 rings (SSSR count). The van der Waals surface area contributed by atoms with E-state index in [0.29, 0.717) is 0 Å². The summed E-state index contributed by atoms with van der Waals surface area (Å²) in [5, 5.41) is 15.7. The normalized spacial score (nSPS) is 11.2. The van der Waals surface area contributed by atoms with Crippen LogP contribution in [-0.4, -0.2) is 20.4 Å². The van der Waals surface area contributed by atoms with E-state index in [1.807, 2.05) is 0 Å². The Morgan fingerprint density at radius 1 is 0.471 bits per heavy atom. The average Bonchev–Trinajstić information content (AvgIpc) is 3.49. The van der Waals surface area contributed by atoms with Gasteiger partial charge in [-0.05, 0) is 105 Å². The summed E-state index contributed by atoms with van der Waals surface area (Å²) < 4.78 is 0. The molecule has 0 bridgehead atoms. The molecule has 0 aliphatic heterocycles. The van der Waals surface area contributed by atoms with Crippen LogP contribution in [0.4, 0.5) is 0 Å². The minimum absolute atomic E-state index is 0.926. The topological polar surface area (TPSA) is 57.4 Å². The first-order valence-electron chi connectivity index (χ1n) is 11.7. The molecule has 5 aromatic rings. The Bertz CT molecular complexity index is 1410. The summed E-state index contributed by atoms with van der Waals surface area (Å²) in [6.45, 7) is 12.9. The zero-order chi connectivity index (χ0) is 24.0. The second kappa shape index (κ2) is 8.45. The average molecular weight is 447 g/mol. The van der Waals surface area contributed by atoms with Crippen molar-refractivity contribution in [1.29, 1.82) is 0 Å². The first kappa shape index (κ1) is 21.9. The van der Waals surface area contributed by atoms with Crippen LogP contribution < -0.4 is 0 Å². The molecule has 0 amide bonds. The van der Waals surface area contributed by atoms with Gasteiger partial charge in [0.05, 0.1) is 22.8 Å². The van der Waals surface area contributed by atoms with E-state index in [9.17, 15) is 0 Å². The van der Waals surface area contributed by atoms with Gasteiger partial charge in [-0.3, -0.25) is 10.2 Å². The number of aromatic nitrogens is 4. The predicted molar refractivity (Wildman–Crippen MR) is 141 cm³/mol. The van der Waals surface area contributed by atoms with Crippen LogP contribution in [0.25, 0.3) is 45.0 Å². The molecule has 3 aromatic carbocycles. The lowest BCUT2D eigenvalue weighted by Crippen LogP contribution is -1.88. The molecule has 0 spiro atoms.